The molecular formula is C11H23N. The van der Waals surface area contributed by atoms with E-state index in [1.54, 1.807) is 0 Å². The van der Waals surface area contributed by atoms with Gasteiger partial charge in [-0.05, 0) is 31.2 Å². The Morgan fingerprint density at radius 1 is 1.33 bits per heavy atom. The molecule has 1 heteroatoms. The van der Waals surface area contributed by atoms with Gasteiger partial charge in [-0.25, -0.2) is 0 Å². The fourth-order valence-corrected chi connectivity index (χ4v) is 2.13. The molecule has 1 aliphatic heterocycles. The van der Waals surface area contributed by atoms with Crippen molar-refractivity contribution in [1.29, 1.82) is 0 Å². The zero-order valence-corrected chi connectivity index (χ0v) is 8.84. The lowest BCUT2D eigenvalue weighted by atomic mass is 10.1. The SMILES string of the molecule is CC(C)CN1CCCC[C@@H](C)C1. The van der Waals surface area contributed by atoms with Crippen LogP contribution >= 0.6 is 0 Å². The molecule has 12 heavy (non-hydrogen) atoms. The van der Waals surface area contributed by atoms with E-state index in [2.05, 4.69) is 25.7 Å². The summed E-state index contributed by atoms with van der Waals surface area (Å²) in [5.41, 5.74) is 0. The molecule has 0 aromatic heterocycles. The van der Waals surface area contributed by atoms with Gasteiger partial charge in [-0.1, -0.05) is 27.2 Å². The number of rotatable bonds is 2. The maximum Gasteiger partial charge on any atom is 0.000713 e. The Morgan fingerprint density at radius 3 is 2.75 bits per heavy atom. The summed E-state index contributed by atoms with van der Waals surface area (Å²) in [4.78, 5) is 2.64. The molecule has 1 aliphatic rings. The van der Waals surface area contributed by atoms with Crippen LogP contribution in [0.25, 0.3) is 0 Å². The smallest absolute Gasteiger partial charge is 0.000713 e. The minimum Gasteiger partial charge on any atom is -0.303 e. The van der Waals surface area contributed by atoms with Crippen molar-refractivity contribution in [2.75, 3.05) is 19.6 Å². The van der Waals surface area contributed by atoms with Crippen molar-refractivity contribution in [3.05, 3.63) is 0 Å². The van der Waals surface area contributed by atoms with Crippen LogP contribution in [0.3, 0.4) is 0 Å². The normalized spacial score (nSPS) is 27.5. The average molecular weight is 169 g/mol. The molecule has 0 N–H and O–H groups in total. The van der Waals surface area contributed by atoms with Gasteiger partial charge >= 0.3 is 0 Å². The van der Waals surface area contributed by atoms with Gasteiger partial charge < -0.3 is 4.90 Å². The molecule has 1 nitrogen and oxygen atoms in total. The van der Waals surface area contributed by atoms with E-state index in [1.807, 2.05) is 0 Å². The summed E-state index contributed by atoms with van der Waals surface area (Å²) in [6.07, 6.45) is 4.29. The molecule has 1 atom stereocenters. The van der Waals surface area contributed by atoms with Crippen LogP contribution in [0.5, 0.6) is 0 Å². The first kappa shape index (κ1) is 10.0. The zero-order chi connectivity index (χ0) is 8.97. The van der Waals surface area contributed by atoms with E-state index < -0.39 is 0 Å². The van der Waals surface area contributed by atoms with Crippen molar-refractivity contribution in [2.45, 2.75) is 40.0 Å². The molecule has 1 fully saturated rings. The van der Waals surface area contributed by atoms with Crippen LogP contribution in [0.15, 0.2) is 0 Å². The minimum absolute atomic E-state index is 0.829. The van der Waals surface area contributed by atoms with Crippen LogP contribution in [0.2, 0.25) is 0 Å². The largest absolute Gasteiger partial charge is 0.303 e. The number of hydrogen-bond acceptors (Lipinski definition) is 1. The molecule has 1 saturated heterocycles. The first-order chi connectivity index (χ1) is 5.68. The molecule has 0 unspecified atom stereocenters. The third-order valence-electron chi connectivity index (χ3n) is 2.61. The van der Waals surface area contributed by atoms with Crippen molar-refractivity contribution in [3.8, 4) is 0 Å². The second-order valence-corrected chi connectivity index (χ2v) is 4.75. The van der Waals surface area contributed by atoms with E-state index in [0.29, 0.717) is 0 Å². The third kappa shape index (κ3) is 3.57. The Morgan fingerprint density at radius 2 is 2.08 bits per heavy atom. The third-order valence-corrected chi connectivity index (χ3v) is 2.61. The second kappa shape index (κ2) is 4.86. The van der Waals surface area contributed by atoms with E-state index in [0.717, 1.165) is 11.8 Å². The molecule has 0 spiro atoms. The highest BCUT2D eigenvalue weighted by molar-refractivity contribution is 4.68. The first-order valence-electron chi connectivity index (χ1n) is 5.41. The summed E-state index contributed by atoms with van der Waals surface area (Å²) in [5.74, 6) is 1.75. The van der Waals surface area contributed by atoms with E-state index >= 15 is 0 Å². The van der Waals surface area contributed by atoms with Crippen LogP contribution < -0.4 is 0 Å². The maximum atomic E-state index is 2.64. The molecule has 1 rings (SSSR count). The number of nitrogens with zero attached hydrogens (tertiary/aromatic N) is 1. The predicted octanol–water partition coefficient (Wildman–Crippen LogP) is 2.76. The number of likely N-dealkylation sites (tertiary alicyclic amines) is 1. The Hall–Kier alpha value is -0.0400. The lowest BCUT2D eigenvalue weighted by Gasteiger charge is -2.24. The quantitative estimate of drug-likeness (QED) is 0.614. The van der Waals surface area contributed by atoms with Gasteiger partial charge in [0.05, 0.1) is 0 Å². The van der Waals surface area contributed by atoms with E-state index in [9.17, 15) is 0 Å². The standard InChI is InChI=1S/C11H23N/c1-10(2)8-12-7-5-4-6-11(3)9-12/h10-11H,4-9H2,1-3H3/t11-/m1/s1. The molecule has 0 aromatic carbocycles. The van der Waals surface area contributed by atoms with Gasteiger partial charge in [0, 0.05) is 13.1 Å². The van der Waals surface area contributed by atoms with Crippen LogP contribution in [0.4, 0.5) is 0 Å². The lowest BCUT2D eigenvalue weighted by molar-refractivity contribution is 0.230. The second-order valence-electron chi connectivity index (χ2n) is 4.75. The molecule has 0 bridgehead atoms. The highest BCUT2D eigenvalue weighted by Crippen LogP contribution is 2.16. The monoisotopic (exact) mass is 169 g/mol. The molecule has 0 radical (unpaired) electrons. The van der Waals surface area contributed by atoms with Crippen molar-refractivity contribution >= 4 is 0 Å². The lowest BCUT2D eigenvalue weighted by Crippen LogP contribution is -2.31. The summed E-state index contributed by atoms with van der Waals surface area (Å²) >= 11 is 0. The molecule has 0 amide bonds. The van der Waals surface area contributed by atoms with Crippen molar-refractivity contribution in [3.63, 3.8) is 0 Å². The summed E-state index contributed by atoms with van der Waals surface area (Å²) in [7, 11) is 0. The van der Waals surface area contributed by atoms with Crippen molar-refractivity contribution < 1.29 is 0 Å². The zero-order valence-electron chi connectivity index (χ0n) is 8.84. The average Bonchev–Trinajstić information content (AvgIpc) is 2.12. The Kier molecular flexibility index (Phi) is 4.07. The first-order valence-corrected chi connectivity index (χ1v) is 5.41. The molecule has 0 aromatic rings. The van der Waals surface area contributed by atoms with Crippen LogP contribution in [0.1, 0.15) is 40.0 Å². The van der Waals surface area contributed by atoms with E-state index in [4.69, 9.17) is 0 Å². The van der Waals surface area contributed by atoms with Crippen LogP contribution in [-0.4, -0.2) is 24.5 Å². The Labute approximate surface area is 77.1 Å². The Bertz CT molecular complexity index is 120. The minimum atomic E-state index is 0.829. The summed E-state index contributed by atoms with van der Waals surface area (Å²) in [6, 6.07) is 0. The van der Waals surface area contributed by atoms with Gasteiger partial charge in [-0.3, -0.25) is 0 Å². The summed E-state index contributed by atoms with van der Waals surface area (Å²) in [6.45, 7) is 11.0. The molecule has 0 aliphatic carbocycles. The van der Waals surface area contributed by atoms with Gasteiger partial charge in [0.25, 0.3) is 0 Å². The number of hydrogen-bond donors (Lipinski definition) is 0. The van der Waals surface area contributed by atoms with E-state index in [1.165, 1.54) is 38.9 Å². The fourth-order valence-electron chi connectivity index (χ4n) is 2.13. The van der Waals surface area contributed by atoms with Gasteiger partial charge in [0.2, 0.25) is 0 Å². The topological polar surface area (TPSA) is 3.24 Å². The molecular weight excluding hydrogens is 146 g/mol. The van der Waals surface area contributed by atoms with Crippen molar-refractivity contribution in [1.82, 2.24) is 4.90 Å². The van der Waals surface area contributed by atoms with Gasteiger partial charge in [-0.2, -0.15) is 0 Å². The molecule has 1 heterocycles. The highest BCUT2D eigenvalue weighted by atomic mass is 15.1. The Balaban J connectivity index is 2.31. The van der Waals surface area contributed by atoms with Crippen LogP contribution in [-0.2, 0) is 0 Å². The van der Waals surface area contributed by atoms with Gasteiger partial charge in [0.15, 0.2) is 0 Å². The molecule has 72 valence electrons. The molecule has 0 saturated carbocycles. The van der Waals surface area contributed by atoms with Crippen LogP contribution in [0, 0.1) is 11.8 Å². The fraction of sp³-hybridized carbons (Fsp3) is 1.00. The van der Waals surface area contributed by atoms with E-state index in [-0.39, 0.29) is 0 Å². The summed E-state index contributed by atoms with van der Waals surface area (Å²) < 4.78 is 0. The van der Waals surface area contributed by atoms with Gasteiger partial charge in [-0.15, -0.1) is 0 Å². The van der Waals surface area contributed by atoms with Crippen molar-refractivity contribution in [2.24, 2.45) is 11.8 Å². The van der Waals surface area contributed by atoms with Gasteiger partial charge in [0.1, 0.15) is 0 Å². The summed E-state index contributed by atoms with van der Waals surface area (Å²) in [5, 5.41) is 0. The predicted molar refractivity (Wildman–Crippen MR) is 54.3 cm³/mol. The maximum absolute atomic E-state index is 2.64. The highest BCUT2D eigenvalue weighted by Gasteiger charge is 2.14.